The van der Waals surface area contributed by atoms with E-state index in [1.807, 2.05) is 36.4 Å². The molecule has 25 heavy (non-hydrogen) atoms. The molecule has 3 aromatic heterocycles. The first-order valence-corrected chi connectivity index (χ1v) is 7.76. The Morgan fingerprint density at radius 1 is 0.960 bits per heavy atom. The van der Waals surface area contributed by atoms with Crippen molar-refractivity contribution >= 4 is 30.0 Å². The number of fused-ring (bicyclic) bond motifs is 1. The fourth-order valence-electron chi connectivity index (χ4n) is 2.56. The lowest BCUT2D eigenvalue weighted by molar-refractivity contribution is 1.03. The normalized spacial score (nSPS) is 10.7. The van der Waals surface area contributed by atoms with Crippen LogP contribution in [0.3, 0.4) is 0 Å². The molecule has 0 aliphatic carbocycles. The molecule has 4 rings (SSSR count). The van der Waals surface area contributed by atoms with E-state index < -0.39 is 0 Å². The van der Waals surface area contributed by atoms with Gasteiger partial charge in [-0.1, -0.05) is 23.7 Å². The van der Waals surface area contributed by atoms with E-state index in [1.165, 1.54) is 6.33 Å². The van der Waals surface area contributed by atoms with E-state index in [0.29, 0.717) is 23.6 Å². The summed E-state index contributed by atoms with van der Waals surface area (Å²) in [6.45, 7) is 0.534. The summed E-state index contributed by atoms with van der Waals surface area (Å²) in [5.41, 5.74) is 3.04. The van der Waals surface area contributed by atoms with Crippen molar-refractivity contribution in [2.45, 2.75) is 6.54 Å². The molecule has 7 heteroatoms. The molecule has 0 saturated carbocycles. The second-order valence-electron chi connectivity index (χ2n) is 5.44. The number of hydrogen-bond donors (Lipinski definition) is 1. The van der Waals surface area contributed by atoms with Gasteiger partial charge in [0.1, 0.15) is 20.0 Å². The number of pyridine rings is 1. The van der Waals surface area contributed by atoms with Gasteiger partial charge in [-0.05, 0) is 18.2 Å². The SMILES string of the molecule is [B]c1cccc2nc(-c3cncnc3)nc(NCc3ccccn3)c12. The lowest BCUT2D eigenvalue weighted by atomic mass is 9.92. The molecule has 0 aliphatic heterocycles. The van der Waals surface area contributed by atoms with Crippen molar-refractivity contribution in [3.8, 4) is 11.4 Å². The van der Waals surface area contributed by atoms with E-state index >= 15 is 0 Å². The fraction of sp³-hybridized carbons (Fsp3) is 0.0556. The minimum absolute atomic E-state index is 0.534. The van der Waals surface area contributed by atoms with E-state index in [4.69, 9.17) is 7.85 Å². The molecule has 0 saturated heterocycles. The zero-order valence-electron chi connectivity index (χ0n) is 13.3. The summed E-state index contributed by atoms with van der Waals surface area (Å²) in [5, 5.41) is 4.11. The molecule has 0 atom stereocenters. The van der Waals surface area contributed by atoms with Crippen LogP contribution in [0.2, 0.25) is 0 Å². The van der Waals surface area contributed by atoms with E-state index in [9.17, 15) is 0 Å². The van der Waals surface area contributed by atoms with Crippen molar-refractivity contribution in [3.05, 3.63) is 67.0 Å². The van der Waals surface area contributed by atoms with Gasteiger partial charge in [-0.15, -0.1) is 0 Å². The molecule has 1 N–H and O–H groups in total. The standard InChI is InChI=1S/C18H13BN6/c19-14-5-3-6-15-16(14)18(23-10-13-4-1-2-7-22-13)25-17(24-15)12-8-20-11-21-9-12/h1-9,11H,10H2,(H,23,24,25). The Morgan fingerprint density at radius 2 is 1.84 bits per heavy atom. The van der Waals surface area contributed by atoms with Crippen molar-refractivity contribution in [2.75, 3.05) is 5.32 Å². The number of aromatic nitrogens is 5. The van der Waals surface area contributed by atoms with Crippen molar-refractivity contribution in [3.63, 3.8) is 0 Å². The van der Waals surface area contributed by atoms with Gasteiger partial charge in [-0.3, -0.25) is 4.98 Å². The maximum Gasteiger partial charge on any atom is 0.165 e. The zero-order chi connectivity index (χ0) is 17.1. The molecule has 0 unspecified atom stereocenters. The second kappa shape index (κ2) is 6.64. The van der Waals surface area contributed by atoms with Gasteiger partial charge < -0.3 is 5.32 Å². The molecule has 1 aromatic carbocycles. The van der Waals surface area contributed by atoms with Gasteiger partial charge in [0, 0.05) is 24.0 Å². The molecule has 0 fully saturated rings. The molecule has 6 nitrogen and oxygen atoms in total. The average Bonchev–Trinajstić information content (AvgIpc) is 2.67. The Labute approximate surface area is 145 Å². The Kier molecular flexibility index (Phi) is 4.04. The summed E-state index contributed by atoms with van der Waals surface area (Å²) in [7, 11) is 6.15. The Balaban J connectivity index is 1.80. The molecular formula is C18H13BN6. The molecule has 3 heterocycles. The summed E-state index contributed by atoms with van der Waals surface area (Å²) < 4.78 is 0. The van der Waals surface area contributed by atoms with Crippen LogP contribution in [0, 0.1) is 0 Å². The van der Waals surface area contributed by atoms with E-state index in [1.54, 1.807) is 18.6 Å². The summed E-state index contributed by atoms with van der Waals surface area (Å²) in [6, 6.07) is 11.4. The van der Waals surface area contributed by atoms with Crippen LogP contribution in [0.4, 0.5) is 5.82 Å². The maximum absolute atomic E-state index is 6.15. The van der Waals surface area contributed by atoms with Crippen molar-refractivity contribution < 1.29 is 0 Å². The van der Waals surface area contributed by atoms with E-state index in [-0.39, 0.29) is 0 Å². The predicted octanol–water partition coefficient (Wildman–Crippen LogP) is 1.89. The molecule has 0 amide bonds. The Hall–Kier alpha value is -3.35. The van der Waals surface area contributed by atoms with Gasteiger partial charge in [0.05, 0.1) is 23.3 Å². The first-order valence-electron chi connectivity index (χ1n) is 7.76. The van der Waals surface area contributed by atoms with Crippen molar-refractivity contribution in [1.29, 1.82) is 0 Å². The lowest BCUT2D eigenvalue weighted by Gasteiger charge is -2.12. The molecule has 0 aliphatic rings. The van der Waals surface area contributed by atoms with E-state index in [2.05, 4.69) is 30.2 Å². The first-order chi connectivity index (χ1) is 12.3. The fourth-order valence-corrected chi connectivity index (χ4v) is 2.56. The molecule has 118 valence electrons. The number of anilines is 1. The van der Waals surface area contributed by atoms with Gasteiger partial charge in [0.15, 0.2) is 5.82 Å². The van der Waals surface area contributed by atoms with Crippen molar-refractivity contribution in [1.82, 2.24) is 24.9 Å². The first kappa shape index (κ1) is 15.2. The molecule has 0 bridgehead atoms. The maximum atomic E-state index is 6.15. The molecular weight excluding hydrogens is 311 g/mol. The van der Waals surface area contributed by atoms with Crippen molar-refractivity contribution in [2.24, 2.45) is 0 Å². The van der Waals surface area contributed by atoms with Crippen LogP contribution in [0.1, 0.15) is 5.69 Å². The topological polar surface area (TPSA) is 76.5 Å². The number of rotatable bonds is 4. The monoisotopic (exact) mass is 324 g/mol. The van der Waals surface area contributed by atoms with Crippen LogP contribution >= 0.6 is 0 Å². The second-order valence-corrected chi connectivity index (χ2v) is 5.44. The van der Waals surface area contributed by atoms with Crippen LogP contribution in [0.25, 0.3) is 22.3 Å². The summed E-state index contributed by atoms with van der Waals surface area (Å²) >= 11 is 0. The third kappa shape index (κ3) is 3.17. The minimum Gasteiger partial charge on any atom is -0.364 e. The highest BCUT2D eigenvalue weighted by Crippen LogP contribution is 2.23. The van der Waals surface area contributed by atoms with Crippen LogP contribution in [0.5, 0.6) is 0 Å². The van der Waals surface area contributed by atoms with Crippen LogP contribution < -0.4 is 10.8 Å². The third-order valence-electron chi connectivity index (χ3n) is 3.74. The zero-order valence-corrected chi connectivity index (χ0v) is 13.3. The predicted molar refractivity (Wildman–Crippen MR) is 97.5 cm³/mol. The number of nitrogens with zero attached hydrogens (tertiary/aromatic N) is 5. The van der Waals surface area contributed by atoms with Gasteiger partial charge in [0.25, 0.3) is 0 Å². The number of nitrogens with one attached hydrogen (secondary N) is 1. The van der Waals surface area contributed by atoms with Gasteiger partial charge in [-0.2, -0.15) is 0 Å². The quantitative estimate of drug-likeness (QED) is 0.578. The summed E-state index contributed by atoms with van der Waals surface area (Å²) in [4.78, 5) is 21.6. The highest BCUT2D eigenvalue weighted by Gasteiger charge is 2.11. The Morgan fingerprint density at radius 3 is 2.64 bits per heavy atom. The van der Waals surface area contributed by atoms with E-state index in [0.717, 1.165) is 22.2 Å². The summed E-state index contributed by atoms with van der Waals surface area (Å²) in [5.74, 6) is 1.20. The number of benzene rings is 1. The highest BCUT2D eigenvalue weighted by atomic mass is 15.0. The largest absolute Gasteiger partial charge is 0.364 e. The van der Waals surface area contributed by atoms with Crippen LogP contribution in [0.15, 0.2) is 61.3 Å². The van der Waals surface area contributed by atoms with Gasteiger partial charge in [-0.25, -0.2) is 19.9 Å². The molecule has 4 aromatic rings. The smallest absolute Gasteiger partial charge is 0.165 e. The average molecular weight is 324 g/mol. The third-order valence-corrected chi connectivity index (χ3v) is 3.74. The van der Waals surface area contributed by atoms with Gasteiger partial charge in [0.2, 0.25) is 0 Å². The highest BCUT2D eigenvalue weighted by molar-refractivity contribution is 6.39. The minimum atomic E-state index is 0.534. The lowest BCUT2D eigenvalue weighted by Crippen LogP contribution is -2.11. The Bertz CT molecular complexity index is 1010. The van der Waals surface area contributed by atoms with Gasteiger partial charge >= 0.3 is 0 Å². The molecule has 2 radical (unpaired) electrons. The molecule has 0 spiro atoms. The number of hydrogen-bond acceptors (Lipinski definition) is 6. The summed E-state index contributed by atoms with van der Waals surface area (Å²) in [6.07, 6.45) is 6.60. The van der Waals surface area contributed by atoms with Crippen LogP contribution in [-0.4, -0.2) is 32.8 Å². The van der Waals surface area contributed by atoms with Crippen LogP contribution in [-0.2, 0) is 6.54 Å².